The molecule has 0 saturated heterocycles. The summed E-state index contributed by atoms with van der Waals surface area (Å²) in [6.07, 6.45) is 1.67. The van der Waals surface area contributed by atoms with E-state index in [4.69, 9.17) is 9.84 Å². The van der Waals surface area contributed by atoms with E-state index < -0.39 is 0 Å². The van der Waals surface area contributed by atoms with Gasteiger partial charge in [0.1, 0.15) is 0 Å². The van der Waals surface area contributed by atoms with Gasteiger partial charge in [-0.2, -0.15) is 11.8 Å². The fourth-order valence-electron chi connectivity index (χ4n) is 1.18. The van der Waals surface area contributed by atoms with Gasteiger partial charge < -0.3 is 15.2 Å². The average Bonchev–Trinajstić information content (AvgIpc) is 2.82. The number of hydrogen-bond acceptors (Lipinski definition) is 4. The molecule has 2 N–H and O–H groups in total. The van der Waals surface area contributed by atoms with E-state index in [1.165, 1.54) is 0 Å². The molecule has 0 fully saturated rings. The SMILES string of the molecule is CNC1=C(CC(C)SCCC(C)O)O1. The quantitative estimate of drug-likeness (QED) is 0.681. The summed E-state index contributed by atoms with van der Waals surface area (Å²) in [4.78, 5) is 0. The summed E-state index contributed by atoms with van der Waals surface area (Å²) in [6.45, 7) is 4.02. The van der Waals surface area contributed by atoms with Gasteiger partial charge in [-0.25, -0.2) is 0 Å². The van der Waals surface area contributed by atoms with Gasteiger partial charge in [-0.3, -0.25) is 0 Å². The lowest BCUT2D eigenvalue weighted by atomic mass is 10.3. The lowest BCUT2D eigenvalue weighted by Gasteiger charge is -2.08. The normalized spacial score (nSPS) is 18.9. The summed E-state index contributed by atoms with van der Waals surface area (Å²) in [5.41, 5.74) is 0. The molecule has 1 heterocycles. The fourth-order valence-corrected chi connectivity index (χ4v) is 2.33. The van der Waals surface area contributed by atoms with Gasteiger partial charge in [-0.15, -0.1) is 0 Å². The number of aliphatic hydroxyl groups is 1. The van der Waals surface area contributed by atoms with Crippen LogP contribution in [0.4, 0.5) is 0 Å². The highest BCUT2D eigenvalue weighted by atomic mass is 32.2. The van der Waals surface area contributed by atoms with Crippen LogP contribution in [0.25, 0.3) is 0 Å². The Bertz CT molecular complexity index is 216. The number of allylic oxidation sites excluding steroid dienone is 1. The largest absolute Gasteiger partial charge is 0.437 e. The molecule has 0 spiro atoms. The minimum absolute atomic E-state index is 0.182. The Kier molecular flexibility index (Phi) is 4.62. The second kappa shape index (κ2) is 5.51. The number of rotatable bonds is 7. The standard InChI is InChI=1S/C10H19NO2S/c1-7(12)4-5-14-8(2)6-9-10(11-3)13-9/h7-8,11-12H,4-6H2,1-3H3. The number of hydrogen-bond donors (Lipinski definition) is 2. The molecule has 0 aromatic heterocycles. The van der Waals surface area contributed by atoms with Crippen LogP contribution < -0.4 is 5.32 Å². The maximum atomic E-state index is 9.08. The molecule has 0 aromatic carbocycles. The number of thioether (sulfide) groups is 1. The Balaban J connectivity index is 2.05. The molecular weight excluding hydrogens is 198 g/mol. The Hall–Kier alpha value is -0.350. The Morgan fingerprint density at radius 1 is 1.50 bits per heavy atom. The molecule has 3 nitrogen and oxygen atoms in total. The second-order valence-corrected chi connectivity index (χ2v) is 5.17. The molecule has 1 rings (SSSR count). The zero-order chi connectivity index (χ0) is 10.6. The highest BCUT2D eigenvalue weighted by molar-refractivity contribution is 7.99. The van der Waals surface area contributed by atoms with Crippen molar-refractivity contribution in [3.05, 3.63) is 11.6 Å². The first kappa shape index (κ1) is 11.7. The van der Waals surface area contributed by atoms with Crippen LogP contribution in [0.2, 0.25) is 0 Å². The predicted octanol–water partition coefficient (Wildman–Crippen LogP) is 1.69. The zero-order valence-corrected chi connectivity index (χ0v) is 9.86. The lowest BCUT2D eigenvalue weighted by molar-refractivity contribution is 0.192. The van der Waals surface area contributed by atoms with E-state index in [2.05, 4.69) is 12.2 Å². The van der Waals surface area contributed by atoms with Gasteiger partial charge in [0, 0.05) is 18.7 Å². The molecule has 82 valence electrons. The first-order valence-corrected chi connectivity index (χ1v) is 6.06. The van der Waals surface area contributed by atoms with Crippen LogP contribution in [0.3, 0.4) is 0 Å². The van der Waals surface area contributed by atoms with Crippen LogP contribution in [-0.4, -0.2) is 29.3 Å². The molecule has 14 heavy (non-hydrogen) atoms. The van der Waals surface area contributed by atoms with Gasteiger partial charge in [0.25, 0.3) is 0 Å². The maximum absolute atomic E-state index is 9.08. The van der Waals surface area contributed by atoms with E-state index in [9.17, 15) is 0 Å². The molecule has 1 aliphatic rings. The van der Waals surface area contributed by atoms with Crippen molar-refractivity contribution in [2.24, 2.45) is 0 Å². The third kappa shape index (κ3) is 4.24. The van der Waals surface area contributed by atoms with Gasteiger partial charge in [-0.1, -0.05) is 6.92 Å². The van der Waals surface area contributed by atoms with Gasteiger partial charge in [0.15, 0.2) is 5.76 Å². The third-order valence-corrected chi connectivity index (χ3v) is 3.28. The Morgan fingerprint density at radius 3 is 2.71 bits per heavy atom. The summed E-state index contributed by atoms with van der Waals surface area (Å²) in [7, 11) is 1.87. The number of aliphatic hydroxyl groups excluding tert-OH is 1. The van der Waals surface area contributed by atoms with Gasteiger partial charge in [0.05, 0.1) is 6.10 Å². The van der Waals surface area contributed by atoms with Gasteiger partial charge in [0.2, 0.25) is 5.88 Å². The molecule has 2 unspecified atom stereocenters. The first-order chi connectivity index (χ1) is 6.63. The van der Waals surface area contributed by atoms with Crippen LogP contribution in [0.15, 0.2) is 11.6 Å². The summed E-state index contributed by atoms with van der Waals surface area (Å²) in [6, 6.07) is 0. The van der Waals surface area contributed by atoms with Crippen molar-refractivity contribution >= 4 is 11.8 Å². The zero-order valence-electron chi connectivity index (χ0n) is 9.04. The van der Waals surface area contributed by atoms with Crippen LogP contribution in [0.5, 0.6) is 0 Å². The van der Waals surface area contributed by atoms with E-state index in [-0.39, 0.29) is 6.10 Å². The van der Waals surface area contributed by atoms with Crippen LogP contribution in [0.1, 0.15) is 26.7 Å². The van der Waals surface area contributed by atoms with Crippen molar-refractivity contribution in [2.75, 3.05) is 12.8 Å². The van der Waals surface area contributed by atoms with Crippen LogP contribution in [0, 0.1) is 0 Å². The topological polar surface area (TPSA) is 44.8 Å². The molecular formula is C10H19NO2S. The first-order valence-electron chi connectivity index (χ1n) is 5.02. The molecule has 0 bridgehead atoms. The molecule has 0 radical (unpaired) electrons. The highest BCUT2D eigenvalue weighted by Crippen LogP contribution is 2.31. The van der Waals surface area contributed by atoms with Crippen molar-refractivity contribution in [2.45, 2.75) is 38.0 Å². The maximum Gasteiger partial charge on any atom is 0.232 e. The fraction of sp³-hybridized carbons (Fsp3) is 0.800. The van der Waals surface area contributed by atoms with Crippen molar-refractivity contribution in [3.63, 3.8) is 0 Å². The number of ether oxygens (including phenoxy) is 1. The molecule has 0 aliphatic carbocycles. The molecule has 1 aliphatic heterocycles. The Morgan fingerprint density at radius 2 is 2.21 bits per heavy atom. The van der Waals surface area contributed by atoms with E-state index in [1.54, 1.807) is 0 Å². The molecule has 0 saturated carbocycles. The van der Waals surface area contributed by atoms with E-state index in [0.29, 0.717) is 5.25 Å². The van der Waals surface area contributed by atoms with Crippen molar-refractivity contribution in [1.82, 2.24) is 5.32 Å². The van der Waals surface area contributed by atoms with Gasteiger partial charge in [-0.05, 0) is 19.1 Å². The van der Waals surface area contributed by atoms with Crippen LogP contribution >= 0.6 is 11.8 Å². The predicted molar refractivity (Wildman–Crippen MR) is 60.0 cm³/mol. The second-order valence-electron chi connectivity index (χ2n) is 3.63. The lowest BCUT2D eigenvalue weighted by Crippen LogP contribution is -2.04. The van der Waals surface area contributed by atoms with E-state index >= 15 is 0 Å². The van der Waals surface area contributed by atoms with E-state index in [1.807, 2.05) is 25.7 Å². The van der Waals surface area contributed by atoms with E-state index in [0.717, 1.165) is 30.2 Å². The summed E-state index contributed by atoms with van der Waals surface area (Å²) >= 11 is 1.88. The minimum Gasteiger partial charge on any atom is -0.437 e. The highest BCUT2D eigenvalue weighted by Gasteiger charge is 2.25. The Labute approximate surface area is 89.9 Å². The molecule has 0 aromatic rings. The van der Waals surface area contributed by atoms with Crippen molar-refractivity contribution in [1.29, 1.82) is 0 Å². The summed E-state index contributed by atoms with van der Waals surface area (Å²) in [5, 5.41) is 12.6. The van der Waals surface area contributed by atoms with Crippen molar-refractivity contribution < 1.29 is 9.84 Å². The smallest absolute Gasteiger partial charge is 0.232 e. The van der Waals surface area contributed by atoms with Gasteiger partial charge >= 0.3 is 0 Å². The third-order valence-electron chi connectivity index (χ3n) is 2.07. The minimum atomic E-state index is -0.182. The summed E-state index contributed by atoms with van der Waals surface area (Å²) < 4.78 is 5.22. The molecule has 2 atom stereocenters. The summed E-state index contributed by atoms with van der Waals surface area (Å²) in [5.74, 6) is 3.04. The number of nitrogens with one attached hydrogen (secondary N) is 1. The van der Waals surface area contributed by atoms with Crippen LogP contribution in [-0.2, 0) is 4.74 Å². The molecule has 0 amide bonds. The average molecular weight is 217 g/mol. The monoisotopic (exact) mass is 217 g/mol. The van der Waals surface area contributed by atoms with Crippen molar-refractivity contribution in [3.8, 4) is 0 Å². The molecule has 4 heteroatoms.